The Labute approximate surface area is 705 Å². The van der Waals surface area contributed by atoms with Crippen LogP contribution in [0.5, 0.6) is 0 Å². The minimum Gasteiger partial charge on any atom is -0.477 e. The molecule has 0 spiro atoms. The highest BCUT2D eigenvalue weighted by atomic mass is 16.8. The molecule has 5 fully saturated rings. The van der Waals surface area contributed by atoms with Gasteiger partial charge in [0.1, 0.15) is 103 Å². The second-order valence-corrected chi connectivity index (χ2v) is 33.5. The Bertz CT molecular complexity index is 2880. The Morgan fingerprint density at radius 1 is 0.442 bits per heavy atom. The molecular weight excluding hydrogens is 1580 g/mol. The first kappa shape index (κ1) is 107. The minimum atomic E-state index is -3.57. The third-order valence-corrected chi connectivity index (χ3v) is 23.6. The molecule has 5 heterocycles. The van der Waals surface area contributed by atoms with Gasteiger partial charge >= 0.3 is 11.9 Å². The lowest BCUT2D eigenvalue weighted by Gasteiger charge is -2.52. The summed E-state index contributed by atoms with van der Waals surface area (Å²) in [7, 11) is 0. The Kier molecular flexibility index (Phi) is 49.9. The maximum Gasteiger partial charge on any atom is 0.364 e. The molecule has 5 aliphatic rings. The van der Waals surface area contributed by atoms with Crippen LogP contribution in [0.1, 0.15) is 272 Å². The van der Waals surface area contributed by atoms with Gasteiger partial charge < -0.3 is 160 Å². The van der Waals surface area contributed by atoms with E-state index in [1.165, 1.54) is 128 Å². The van der Waals surface area contributed by atoms with E-state index in [1.807, 2.05) is 0 Å². The SMILES string of the molecule is CCCCCCCCCCCCCCCCCCCCCC(=O)N[C@@H](CO[C@@H]1O[C@H](CO)[C@@H](O[C@@H]2O[C@H](CO)[C@H](O[C@@H]3O[C@H](CO)[C@H](O)[C@H](O)[C@H]3CC(C)=O)[C@H](O[C@]3(C(=O)O)C[C@H](O)[C@@H](NC(C)=O)C([C@H](O)[C@@H](CO)O[C@]4(C(=O)O)C[C@H](O)[C@@H](NC(C)=O)C([C@H](O)[C@H](O)CO)O4)O3)[C@H]2O)[C@H](O)[C@H]1O)[C@H](O)CCCCCCCCCCCCCCC. The summed E-state index contributed by atoms with van der Waals surface area (Å²) in [5.74, 6) is -15.8. The minimum absolute atomic E-state index is 0.140. The van der Waals surface area contributed by atoms with E-state index in [2.05, 4.69) is 29.8 Å². The first-order valence-corrected chi connectivity index (χ1v) is 44.3. The van der Waals surface area contributed by atoms with Crippen LogP contribution in [0.3, 0.4) is 0 Å². The molecule has 0 bridgehead atoms. The van der Waals surface area contributed by atoms with E-state index in [0.717, 1.165) is 85.0 Å². The number of Topliss-reactive ketones (excluding diaryl/α,β-unsaturated/α-hetero) is 1. The predicted octanol–water partition coefficient (Wildman–Crippen LogP) is 1.18. The number of hydrogen-bond acceptors (Lipinski definition) is 32. The van der Waals surface area contributed by atoms with Crippen LogP contribution >= 0.6 is 0 Å². The number of carboxylic acid groups (broad SMARTS) is 2. The summed E-state index contributed by atoms with van der Waals surface area (Å²) in [5, 5.41) is 211. The molecule has 5 saturated heterocycles. The molecule has 21 N–H and O–H groups in total. The van der Waals surface area contributed by atoms with Crippen LogP contribution in [0.15, 0.2) is 0 Å². The van der Waals surface area contributed by atoms with Crippen LogP contribution in [-0.2, 0) is 76.1 Å². The Balaban J connectivity index is 1.40. The molecule has 0 saturated carbocycles. The third-order valence-electron chi connectivity index (χ3n) is 23.6. The van der Waals surface area contributed by atoms with Gasteiger partial charge in [0.15, 0.2) is 18.9 Å². The zero-order chi connectivity index (χ0) is 88.7. The summed E-state index contributed by atoms with van der Waals surface area (Å²) in [4.78, 5) is 79.3. The molecule has 37 heteroatoms. The van der Waals surface area contributed by atoms with Gasteiger partial charge in [-0.1, -0.05) is 213 Å². The number of hydrogen-bond donors (Lipinski definition) is 21. The standard InChI is InChI=1S/C83H149N3O34/c1-6-8-10-12-14-16-18-20-21-22-23-24-25-27-29-31-33-35-37-39-62(99)86-53(54(95)38-36-34-32-30-28-26-19-17-15-13-11-9-7-2)48-111-78-70(105)69(104)72(60(46-90)113-78)115-79-71(106)76(73(61(47-91)114-79)116-77-52(40-49(3)92)65(100)67(102)58(44-88)112-77)120-83(81(109)110)42-56(97)64(85-51(5)94)75(119-83)68(103)59(45-89)117-82(80(107)108)41-55(96)63(84-50(4)93)74(118-82)66(101)57(98)43-87/h52-61,63-79,87-91,95-98,100-106H,6-48H2,1-5H3,(H,84,93)(H,85,94)(H,86,99)(H,107,108)(H,109,110)/t52-,53+,54-,55+,56+,57-,58-,59-,60-,61-,63-,64-,65-,66-,67+,68-,69-,70-,71-,72-,73+,74?,75?,76-,77+,78-,79+,82-,83+/m1/s1. The maximum absolute atomic E-state index is 14.2. The Morgan fingerprint density at radius 3 is 1.30 bits per heavy atom. The number of carbonyl (C=O) groups is 6. The van der Waals surface area contributed by atoms with E-state index in [4.69, 9.17) is 47.4 Å². The fraction of sp³-hybridized carbons (Fsp3) is 0.928. The van der Waals surface area contributed by atoms with Gasteiger partial charge in [-0.15, -0.1) is 0 Å². The molecule has 37 nitrogen and oxygen atoms in total. The summed E-state index contributed by atoms with van der Waals surface area (Å²) < 4.78 is 60.3. The zero-order valence-corrected chi connectivity index (χ0v) is 71.1. The molecule has 0 aromatic heterocycles. The van der Waals surface area contributed by atoms with Crippen LogP contribution in [0.4, 0.5) is 0 Å². The summed E-state index contributed by atoms with van der Waals surface area (Å²) in [6.07, 6.45) is -15.5. The van der Waals surface area contributed by atoms with Crippen LogP contribution in [0.25, 0.3) is 0 Å². The van der Waals surface area contributed by atoms with Gasteiger partial charge in [-0.25, -0.2) is 9.59 Å². The maximum atomic E-state index is 14.2. The summed E-state index contributed by atoms with van der Waals surface area (Å²) in [6.45, 7) is 0.822. The van der Waals surface area contributed by atoms with Gasteiger partial charge in [-0.3, -0.25) is 14.4 Å². The fourth-order valence-corrected chi connectivity index (χ4v) is 16.7. The van der Waals surface area contributed by atoms with Crippen molar-refractivity contribution in [1.29, 1.82) is 0 Å². The van der Waals surface area contributed by atoms with Crippen molar-refractivity contribution in [3.05, 3.63) is 0 Å². The van der Waals surface area contributed by atoms with Gasteiger partial charge in [0, 0.05) is 45.4 Å². The van der Waals surface area contributed by atoms with E-state index in [9.17, 15) is 121 Å². The number of ketones is 1. The van der Waals surface area contributed by atoms with E-state index in [1.54, 1.807) is 0 Å². The van der Waals surface area contributed by atoms with Crippen molar-refractivity contribution in [1.82, 2.24) is 16.0 Å². The Morgan fingerprint density at radius 2 is 0.858 bits per heavy atom. The third kappa shape index (κ3) is 33.3. The number of carbonyl (C=O) groups excluding carboxylic acids is 4. The van der Waals surface area contributed by atoms with Crippen LogP contribution in [0.2, 0.25) is 0 Å². The number of amides is 3. The van der Waals surface area contributed by atoms with Crippen LogP contribution in [-0.4, -0.2) is 338 Å². The van der Waals surface area contributed by atoms with E-state index < -0.39 is 265 Å². The first-order valence-electron chi connectivity index (χ1n) is 44.3. The lowest BCUT2D eigenvalue weighted by molar-refractivity contribution is -0.404. The van der Waals surface area contributed by atoms with Gasteiger partial charge in [-0.2, -0.15) is 0 Å². The van der Waals surface area contributed by atoms with Crippen molar-refractivity contribution in [2.45, 2.75) is 443 Å². The highest BCUT2D eigenvalue weighted by molar-refractivity contribution is 5.78. The second kappa shape index (κ2) is 56.2. The molecule has 5 rings (SSSR count). The molecule has 0 radical (unpaired) electrons. The monoisotopic (exact) mass is 1730 g/mol. The number of aliphatic hydroxyl groups excluding tert-OH is 16. The highest BCUT2D eigenvalue weighted by Gasteiger charge is 2.64. The number of aliphatic carboxylic acids is 2. The number of ether oxygens (including phenoxy) is 10. The molecule has 29 atom stereocenters. The second-order valence-electron chi connectivity index (χ2n) is 33.5. The zero-order valence-electron chi connectivity index (χ0n) is 71.1. The van der Waals surface area contributed by atoms with Crippen molar-refractivity contribution >= 4 is 35.4 Å². The quantitative estimate of drug-likeness (QED) is 0.0380. The number of rotatable bonds is 62. The molecule has 3 amide bonds. The highest BCUT2D eigenvalue weighted by Crippen LogP contribution is 2.43. The fourth-order valence-electron chi connectivity index (χ4n) is 16.7. The topological polar surface area (TPSA) is 595 Å². The molecule has 700 valence electrons. The summed E-state index contributed by atoms with van der Waals surface area (Å²) in [6, 6.07) is -4.87. The predicted molar refractivity (Wildman–Crippen MR) is 427 cm³/mol. The average Bonchev–Trinajstić information content (AvgIpc) is 0.746. The largest absolute Gasteiger partial charge is 0.477 e. The average molecular weight is 1730 g/mol. The molecule has 0 aromatic carbocycles. The molecule has 2 unspecified atom stereocenters. The molecule has 5 aliphatic heterocycles. The van der Waals surface area contributed by atoms with Gasteiger partial charge in [-0.05, 0) is 19.8 Å². The van der Waals surface area contributed by atoms with Gasteiger partial charge in [0.05, 0.1) is 82.2 Å². The number of unbranched alkanes of at least 4 members (excludes halogenated alkanes) is 30. The van der Waals surface area contributed by atoms with Crippen LogP contribution in [0, 0.1) is 5.92 Å². The van der Waals surface area contributed by atoms with E-state index >= 15 is 0 Å². The van der Waals surface area contributed by atoms with Crippen molar-refractivity contribution in [3.63, 3.8) is 0 Å². The van der Waals surface area contributed by atoms with Gasteiger partial charge in [0.2, 0.25) is 17.7 Å². The summed E-state index contributed by atoms with van der Waals surface area (Å²) in [5.41, 5.74) is 0. The van der Waals surface area contributed by atoms with Crippen molar-refractivity contribution < 1.29 is 168 Å². The molecule has 0 aromatic rings. The normalized spacial score (nSPS) is 32.6. The lowest BCUT2D eigenvalue weighted by atomic mass is 9.86. The van der Waals surface area contributed by atoms with E-state index in [-0.39, 0.29) is 18.7 Å². The number of aliphatic hydroxyl groups is 16. The van der Waals surface area contributed by atoms with Crippen molar-refractivity contribution in [3.8, 4) is 0 Å². The van der Waals surface area contributed by atoms with Crippen LogP contribution < -0.4 is 16.0 Å². The molecule has 0 aliphatic carbocycles. The lowest BCUT2D eigenvalue weighted by Crippen LogP contribution is -2.72. The van der Waals surface area contributed by atoms with Gasteiger partial charge in [0.25, 0.3) is 11.6 Å². The Hall–Kier alpha value is -4.02. The molecular formula is C83H149N3O34. The number of nitrogens with one attached hydrogen (secondary N) is 3. The van der Waals surface area contributed by atoms with Crippen molar-refractivity contribution in [2.24, 2.45) is 5.92 Å². The summed E-state index contributed by atoms with van der Waals surface area (Å²) >= 11 is 0. The first-order chi connectivity index (χ1) is 57.3. The smallest absolute Gasteiger partial charge is 0.364 e. The number of carboxylic acids is 2. The molecule has 120 heavy (non-hydrogen) atoms. The van der Waals surface area contributed by atoms with Crippen molar-refractivity contribution in [2.75, 3.05) is 39.6 Å². The van der Waals surface area contributed by atoms with E-state index in [0.29, 0.717) is 12.8 Å².